The number of amides is 1. The minimum Gasteiger partial charge on any atom is -0.396 e. The lowest BCUT2D eigenvalue weighted by molar-refractivity contribution is -0.129. The first-order valence-electron chi connectivity index (χ1n) is 6.17. The molecule has 0 aliphatic carbocycles. The van der Waals surface area contributed by atoms with Gasteiger partial charge < -0.3 is 10.6 Å². The largest absolute Gasteiger partial charge is 0.396 e. The minimum atomic E-state index is -0.429. The van der Waals surface area contributed by atoms with E-state index in [0.29, 0.717) is 0 Å². The second-order valence-electron chi connectivity index (χ2n) is 4.90. The monoisotopic (exact) mass is 276 g/mol. The topological polar surface area (TPSA) is 64.1 Å². The highest BCUT2D eigenvalue weighted by Gasteiger charge is 2.11. The van der Waals surface area contributed by atoms with E-state index in [4.69, 9.17) is 5.73 Å². The van der Waals surface area contributed by atoms with Gasteiger partial charge in [0.25, 0.3) is 0 Å². The van der Waals surface area contributed by atoms with Gasteiger partial charge in [-0.3, -0.25) is 9.48 Å². The maximum atomic E-state index is 13.3. The van der Waals surface area contributed by atoms with Crippen molar-refractivity contribution >= 4 is 11.6 Å². The van der Waals surface area contributed by atoms with Crippen LogP contribution in [0.1, 0.15) is 5.56 Å². The van der Waals surface area contributed by atoms with Gasteiger partial charge in [-0.05, 0) is 30.2 Å². The molecule has 0 unspecified atom stereocenters. The predicted octanol–water partition coefficient (Wildman–Crippen LogP) is 1.67. The summed E-state index contributed by atoms with van der Waals surface area (Å²) in [7, 11) is 3.38. The quantitative estimate of drug-likeness (QED) is 0.867. The molecule has 5 nitrogen and oxygen atoms in total. The Bertz CT molecular complexity index is 649. The Morgan fingerprint density at radius 1 is 1.45 bits per heavy atom. The van der Waals surface area contributed by atoms with Gasteiger partial charge in [0.05, 0.1) is 11.9 Å². The Balaban J connectivity index is 2.29. The third-order valence-corrected chi connectivity index (χ3v) is 3.08. The first-order chi connectivity index (χ1) is 9.38. The van der Waals surface area contributed by atoms with Crippen LogP contribution >= 0.6 is 0 Å². The summed E-state index contributed by atoms with van der Waals surface area (Å²) in [6.07, 6.45) is 3.39. The average Bonchev–Trinajstić information content (AvgIpc) is 2.82. The Morgan fingerprint density at radius 3 is 2.80 bits per heavy atom. The van der Waals surface area contributed by atoms with Crippen LogP contribution in [0, 0.1) is 12.7 Å². The Hall–Kier alpha value is -2.37. The van der Waals surface area contributed by atoms with Crippen LogP contribution in [0.3, 0.4) is 0 Å². The summed E-state index contributed by atoms with van der Waals surface area (Å²) in [5, 5.41) is 4.14. The standard InChI is InChI=1S/C14H17FN4O/c1-9-4-12(15)13(16)5-11(9)10-6-17-19(7-10)8-14(20)18(2)3/h4-7H,8,16H2,1-3H3. The summed E-state index contributed by atoms with van der Waals surface area (Å²) in [4.78, 5) is 13.1. The molecule has 106 valence electrons. The van der Waals surface area contributed by atoms with Gasteiger partial charge in [0.1, 0.15) is 12.4 Å². The summed E-state index contributed by atoms with van der Waals surface area (Å²) >= 11 is 0. The molecule has 6 heteroatoms. The molecule has 0 saturated carbocycles. The van der Waals surface area contributed by atoms with Crippen LogP contribution in [0.2, 0.25) is 0 Å². The fourth-order valence-electron chi connectivity index (χ4n) is 1.87. The van der Waals surface area contributed by atoms with Crippen LogP contribution in [0.25, 0.3) is 11.1 Å². The number of nitrogen functional groups attached to an aromatic ring is 1. The fourth-order valence-corrected chi connectivity index (χ4v) is 1.87. The number of nitrogens with zero attached hydrogens (tertiary/aromatic N) is 3. The number of halogens is 1. The Morgan fingerprint density at radius 2 is 2.15 bits per heavy atom. The lowest BCUT2D eigenvalue weighted by Gasteiger charge is -2.09. The summed E-state index contributed by atoms with van der Waals surface area (Å²) in [6, 6.07) is 2.98. The van der Waals surface area contributed by atoms with Gasteiger partial charge in [0.2, 0.25) is 5.91 Å². The number of aryl methyl sites for hydroxylation is 1. The van der Waals surface area contributed by atoms with E-state index in [-0.39, 0.29) is 18.1 Å². The van der Waals surface area contributed by atoms with Crippen molar-refractivity contribution in [1.29, 1.82) is 0 Å². The summed E-state index contributed by atoms with van der Waals surface area (Å²) < 4.78 is 14.9. The zero-order valence-corrected chi connectivity index (χ0v) is 11.7. The molecule has 0 saturated heterocycles. The molecule has 0 fully saturated rings. The van der Waals surface area contributed by atoms with Crippen LogP contribution < -0.4 is 5.73 Å². The van der Waals surface area contributed by atoms with Gasteiger partial charge in [-0.25, -0.2) is 4.39 Å². The third kappa shape index (κ3) is 2.79. The van der Waals surface area contributed by atoms with E-state index in [1.54, 1.807) is 44.2 Å². The fraction of sp³-hybridized carbons (Fsp3) is 0.286. The van der Waals surface area contributed by atoms with Crippen LogP contribution in [-0.2, 0) is 11.3 Å². The minimum absolute atomic E-state index is 0.0463. The molecule has 1 aromatic heterocycles. The second-order valence-corrected chi connectivity index (χ2v) is 4.90. The van der Waals surface area contributed by atoms with E-state index >= 15 is 0 Å². The van der Waals surface area contributed by atoms with Gasteiger partial charge in [-0.2, -0.15) is 5.10 Å². The van der Waals surface area contributed by atoms with Gasteiger partial charge in [0.15, 0.2) is 0 Å². The number of carbonyl (C=O) groups excluding carboxylic acids is 1. The molecule has 1 heterocycles. The molecule has 2 N–H and O–H groups in total. The highest BCUT2D eigenvalue weighted by atomic mass is 19.1. The van der Waals surface area contributed by atoms with Crippen molar-refractivity contribution < 1.29 is 9.18 Å². The van der Waals surface area contributed by atoms with E-state index in [2.05, 4.69) is 5.10 Å². The summed E-state index contributed by atoms with van der Waals surface area (Å²) in [5.74, 6) is -0.476. The molecule has 0 atom stereocenters. The number of anilines is 1. The number of benzene rings is 1. The molecule has 0 aliphatic rings. The predicted molar refractivity (Wildman–Crippen MR) is 75.5 cm³/mol. The molecule has 2 aromatic rings. The maximum Gasteiger partial charge on any atom is 0.243 e. The van der Waals surface area contributed by atoms with Crippen LogP contribution in [0.15, 0.2) is 24.5 Å². The van der Waals surface area contributed by atoms with Crippen molar-refractivity contribution in [2.45, 2.75) is 13.5 Å². The van der Waals surface area contributed by atoms with E-state index in [1.807, 2.05) is 0 Å². The Labute approximate surface area is 116 Å². The highest BCUT2D eigenvalue weighted by Crippen LogP contribution is 2.27. The number of nitrogens with two attached hydrogens (primary N) is 1. The number of aromatic nitrogens is 2. The van der Waals surface area contributed by atoms with Crippen molar-refractivity contribution in [3.05, 3.63) is 35.9 Å². The van der Waals surface area contributed by atoms with Crippen molar-refractivity contribution in [2.24, 2.45) is 0 Å². The number of likely N-dealkylation sites (N-methyl/N-ethyl adjacent to an activating group) is 1. The van der Waals surface area contributed by atoms with Crippen molar-refractivity contribution in [1.82, 2.24) is 14.7 Å². The summed E-state index contributed by atoms with van der Waals surface area (Å²) in [5.41, 5.74) is 8.08. The molecule has 1 aromatic carbocycles. The molecular formula is C14H17FN4O. The Kier molecular flexibility index (Phi) is 3.74. The zero-order valence-electron chi connectivity index (χ0n) is 11.7. The number of carbonyl (C=O) groups is 1. The first-order valence-corrected chi connectivity index (χ1v) is 6.17. The van der Waals surface area contributed by atoms with Crippen molar-refractivity contribution in [3.8, 4) is 11.1 Å². The molecule has 2 rings (SSSR count). The molecule has 0 aliphatic heterocycles. The summed E-state index contributed by atoms with van der Waals surface area (Å²) in [6.45, 7) is 1.98. The first kappa shape index (κ1) is 14.0. The zero-order chi connectivity index (χ0) is 14.9. The van der Waals surface area contributed by atoms with Gasteiger partial charge >= 0.3 is 0 Å². The van der Waals surface area contributed by atoms with E-state index < -0.39 is 5.82 Å². The lowest BCUT2D eigenvalue weighted by atomic mass is 10.0. The van der Waals surface area contributed by atoms with E-state index in [9.17, 15) is 9.18 Å². The molecule has 0 bridgehead atoms. The van der Waals surface area contributed by atoms with Crippen LogP contribution in [0.5, 0.6) is 0 Å². The molecule has 20 heavy (non-hydrogen) atoms. The van der Waals surface area contributed by atoms with Gasteiger partial charge in [0, 0.05) is 25.9 Å². The van der Waals surface area contributed by atoms with E-state index in [0.717, 1.165) is 16.7 Å². The third-order valence-electron chi connectivity index (χ3n) is 3.08. The smallest absolute Gasteiger partial charge is 0.243 e. The van der Waals surface area contributed by atoms with E-state index in [1.165, 1.54) is 11.0 Å². The number of hydrogen-bond donors (Lipinski definition) is 1. The van der Waals surface area contributed by atoms with Crippen LogP contribution in [-0.4, -0.2) is 34.7 Å². The van der Waals surface area contributed by atoms with Gasteiger partial charge in [-0.15, -0.1) is 0 Å². The van der Waals surface area contributed by atoms with Crippen molar-refractivity contribution in [2.75, 3.05) is 19.8 Å². The lowest BCUT2D eigenvalue weighted by Crippen LogP contribution is -2.26. The second kappa shape index (κ2) is 5.32. The SMILES string of the molecule is Cc1cc(F)c(N)cc1-c1cnn(CC(=O)N(C)C)c1. The molecule has 0 spiro atoms. The average molecular weight is 276 g/mol. The van der Waals surface area contributed by atoms with Gasteiger partial charge in [-0.1, -0.05) is 0 Å². The van der Waals surface area contributed by atoms with Crippen molar-refractivity contribution in [3.63, 3.8) is 0 Å². The highest BCUT2D eigenvalue weighted by molar-refractivity contribution is 5.75. The number of rotatable bonds is 3. The molecular weight excluding hydrogens is 259 g/mol. The number of hydrogen-bond acceptors (Lipinski definition) is 3. The van der Waals surface area contributed by atoms with Crippen LogP contribution in [0.4, 0.5) is 10.1 Å². The molecule has 1 amide bonds. The molecule has 0 radical (unpaired) electrons. The normalized spacial score (nSPS) is 10.6. The maximum absolute atomic E-state index is 13.3.